The Hall–Kier alpha value is -4.92. The van der Waals surface area contributed by atoms with Crippen LogP contribution in [0.4, 0.5) is 16.3 Å². The third-order valence-electron chi connectivity index (χ3n) is 9.54. The number of benzene rings is 3. The number of fused-ring (bicyclic) bond motifs is 2. The van der Waals surface area contributed by atoms with Gasteiger partial charge in [0.2, 0.25) is 6.54 Å². The molecule has 254 valence electrons. The van der Waals surface area contributed by atoms with Crippen LogP contribution >= 0.6 is 0 Å². The van der Waals surface area contributed by atoms with E-state index < -0.39 is 6.09 Å². The fraction of sp³-hybridized carbons (Fsp3) is 0.421. The molecule has 0 radical (unpaired) electrons. The van der Waals surface area contributed by atoms with Gasteiger partial charge in [0.25, 0.3) is 0 Å². The van der Waals surface area contributed by atoms with Gasteiger partial charge in [-0.25, -0.2) is 11.4 Å². The number of anilines is 2. The number of carbonyl (C=O) groups excluding carboxylic acids is 1. The normalized spacial score (nSPS) is 20.4. The maximum Gasteiger partial charge on any atom is 0.410 e. The fourth-order valence-corrected chi connectivity index (χ4v) is 6.86. The van der Waals surface area contributed by atoms with Crippen molar-refractivity contribution >= 4 is 28.4 Å². The first kappa shape index (κ1) is 32.6. The van der Waals surface area contributed by atoms with Crippen molar-refractivity contribution in [2.45, 2.75) is 51.1 Å². The largest absolute Gasteiger partial charge is 0.461 e. The molecule has 7 rings (SSSR count). The summed E-state index contributed by atoms with van der Waals surface area (Å²) in [5.41, 5.74) is 4.04. The zero-order chi connectivity index (χ0) is 33.8. The van der Waals surface area contributed by atoms with E-state index in [0.29, 0.717) is 51.9 Å². The Morgan fingerprint density at radius 3 is 2.65 bits per heavy atom. The van der Waals surface area contributed by atoms with Crippen LogP contribution in [0.1, 0.15) is 30.7 Å². The lowest BCUT2D eigenvalue weighted by Gasteiger charge is -2.41. The number of morpholine rings is 1. The Morgan fingerprint density at radius 2 is 1.84 bits per heavy atom. The minimum atomic E-state index is -0.402. The number of rotatable bonds is 8. The van der Waals surface area contributed by atoms with Crippen LogP contribution in [0.5, 0.6) is 6.01 Å². The summed E-state index contributed by atoms with van der Waals surface area (Å²) in [6, 6.07) is 24.5. The molecule has 1 N–H and O–H groups in total. The van der Waals surface area contributed by atoms with E-state index in [-0.39, 0.29) is 30.8 Å². The highest BCUT2D eigenvalue weighted by atomic mass is 16.6. The van der Waals surface area contributed by atoms with E-state index in [0.717, 1.165) is 35.6 Å². The molecule has 0 aliphatic carbocycles. The van der Waals surface area contributed by atoms with E-state index >= 15 is 0 Å². The van der Waals surface area contributed by atoms with E-state index in [4.69, 9.17) is 30.8 Å². The number of ether oxygens (including phenoxy) is 3. The first-order chi connectivity index (χ1) is 23.9. The van der Waals surface area contributed by atoms with Crippen LogP contribution in [0.25, 0.3) is 15.6 Å². The molecule has 0 bridgehead atoms. The van der Waals surface area contributed by atoms with Crippen LogP contribution in [0.2, 0.25) is 0 Å². The Labute approximate surface area is 287 Å². The predicted molar refractivity (Wildman–Crippen MR) is 189 cm³/mol. The minimum absolute atomic E-state index is 0.0744. The van der Waals surface area contributed by atoms with Crippen molar-refractivity contribution < 1.29 is 19.0 Å². The summed E-state index contributed by atoms with van der Waals surface area (Å²) >= 11 is 0. The van der Waals surface area contributed by atoms with Crippen molar-refractivity contribution in [2.24, 2.45) is 0 Å². The van der Waals surface area contributed by atoms with Crippen LogP contribution < -0.4 is 19.9 Å². The molecule has 2 atom stereocenters. The van der Waals surface area contributed by atoms with Gasteiger partial charge in [-0.05, 0) is 37.3 Å². The Balaban J connectivity index is 1.14. The highest BCUT2D eigenvalue weighted by Gasteiger charge is 2.36. The van der Waals surface area contributed by atoms with Crippen LogP contribution in [0.15, 0.2) is 72.8 Å². The summed E-state index contributed by atoms with van der Waals surface area (Å²) in [5, 5.41) is 5.93. The van der Waals surface area contributed by atoms with Gasteiger partial charge in [0.15, 0.2) is 0 Å². The molecule has 1 aromatic heterocycles. The summed E-state index contributed by atoms with van der Waals surface area (Å²) in [5.74, 6) is 0.814. The van der Waals surface area contributed by atoms with Crippen molar-refractivity contribution in [3.8, 4) is 6.01 Å². The average Bonchev–Trinajstić information content (AvgIpc) is 3.13. The SMILES string of the molecule is [C-]#[N+]C[C@H]1CN(c2nc(OC[C@H]3CNC(C)(C)CO3)nc3c2CCN(c2cccc4ccccc24)C3)CCN1C(=O)OCc1ccccc1. The van der Waals surface area contributed by atoms with Gasteiger partial charge < -0.3 is 34.2 Å². The molecular formula is C38H43N7O4. The molecule has 0 saturated carbocycles. The van der Waals surface area contributed by atoms with Gasteiger partial charge in [-0.15, -0.1) is 0 Å². The second kappa shape index (κ2) is 14.3. The molecule has 11 heteroatoms. The summed E-state index contributed by atoms with van der Waals surface area (Å²) in [7, 11) is 0. The second-order valence-electron chi connectivity index (χ2n) is 13.6. The molecule has 4 aromatic rings. The molecule has 3 aliphatic rings. The van der Waals surface area contributed by atoms with Crippen LogP contribution in [0, 0.1) is 6.57 Å². The Morgan fingerprint density at radius 1 is 1.02 bits per heavy atom. The van der Waals surface area contributed by atoms with Gasteiger partial charge in [0.1, 0.15) is 31.2 Å². The molecule has 0 unspecified atom stereocenters. The number of nitrogens with one attached hydrogen (secondary N) is 1. The lowest BCUT2D eigenvalue weighted by atomic mass is 10.0. The van der Waals surface area contributed by atoms with E-state index in [9.17, 15) is 4.79 Å². The van der Waals surface area contributed by atoms with Crippen molar-refractivity contribution in [3.05, 3.63) is 101 Å². The summed E-state index contributed by atoms with van der Waals surface area (Å²) in [4.78, 5) is 33.2. The standard InChI is InChI=1S/C38H43N7O4/c1-38(2)26-49-30(21-40-38)25-47-36-41-33-23-43(34-15-9-13-28-12-7-8-14-31(28)34)17-16-32(33)35(42-36)44-18-19-45(29(22-44)20-39-3)37(46)48-24-27-10-5-4-6-11-27/h4-15,29-30,40H,16-26H2,1-2H3/t29-,30+/m0/s1. The van der Waals surface area contributed by atoms with Crippen LogP contribution in [-0.2, 0) is 29.0 Å². The highest BCUT2D eigenvalue weighted by Crippen LogP contribution is 2.35. The first-order valence-electron chi connectivity index (χ1n) is 17.0. The third-order valence-corrected chi connectivity index (χ3v) is 9.54. The molecule has 3 aromatic carbocycles. The fourth-order valence-electron chi connectivity index (χ4n) is 6.86. The smallest absolute Gasteiger partial charge is 0.410 e. The number of hydrogen-bond donors (Lipinski definition) is 1. The van der Waals surface area contributed by atoms with Crippen LogP contribution in [0.3, 0.4) is 0 Å². The molecule has 2 fully saturated rings. The number of aromatic nitrogens is 2. The summed E-state index contributed by atoms with van der Waals surface area (Å²) in [6.45, 7) is 16.7. The topological polar surface area (TPSA) is 96.6 Å². The Kier molecular flexibility index (Phi) is 9.51. The predicted octanol–water partition coefficient (Wildman–Crippen LogP) is 5.08. The lowest BCUT2D eigenvalue weighted by molar-refractivity contribution is -0.0425. The first-order valence-corrected chi connectivity index (χ1v) is 17.0. The molecule has 49 heavy (non-hydrogen) atoms. The number of amides is 1. The highest BCUT2D eigenvalue weighted by molar-refractivity contribution is 5.94. The van der Waals surface area contributed by atoms with Gasteiger partial charge in [-0.3, -0.25) is 4.90 Å². The molecule has 0 spiro atoms. The van der Waals surface area contributed by atoms with E-state index in [2.05, 4.69) is 76.3 Å². The molecule has 1 amide bonds. The van der Waals surface area contributed by atoms with Gasteiger partial charge in [-0.1, -0.05) is 66.7 Å². The number of nitrogens with zero attached hydrogens (tertiary/aromatic N) is 6. The number of hydrogen-bond acceptors (Lipinski definition) is 9. The average molecular weight is 662 g/mol. The Bertz CT molecular complexity index is 1810. The van der Waals surface area contributed by atoms with Crippen LogP contribution in [-0.4, -0.2) is 91.1 Å². The number of piperazine rings is 1. The van der Waals surface area contributed by atoms with E-state index in [1.807, 2.05) is 30.3 Å². The van der Waals surface area contributed by atoms with Gasteiger partial charge >= 0.3 is 12.1 Å². The van der Waals surface area contributed by atoms with Crippen molar-refractivity contribution in [1.29, 1.82) is 0 Å². The maximum atomic E-state index is 13.2. The zero-order valence-electron chi connectivity index (χ0n) is 28.2. The molecule has 4 heterocycles. The van der Waals surface area contributed by atoms with Crippen molar-refractivity contribution in [2.75, 3.05) is 62.3 Å². The van der Waals surface area contributed by atoms with E-state index in [1.54, 1.807) is 4.90 Å². The van der Waals surface area contributed by atoms with Crippen molar-refractivity contribution in [1.82, 2.24) is 20.2 Å². The third kappa shape index (κ3) is 7.41. The molecular weight excluding hydrogens is 618 g/mol. The van der Waals surface area contributed by atoms with Gasteiger partial charge in [-0.2, -0.15) is 9.97 Å². The quantitative estimate of drug-likeness (QED) is 0.259. The molecule has 3 aliphatic heterocycles. The molecule has 2 saturated heterocycles. The molecule has 11 nitrogen and oxygen atoms in total. The summed E-state index contributed by atoms with van der Waals surface area (Å²) in [6.07, 6.45) is 0.240. The monoisotopic (exact) mass is 661 g/mol. The maximum absolute atomic E-state index is 13.2. The lowest BCUT2D eigenvalue weighted by Crippen LogP contribution is -2.57. The second-order valence-corrected chi connectivity index (χ2v) is 13.6. The van der Waals surface area contributed by atoms with Crippen molar-refractivity contribution in [3.63, 3.8) is 0 Å². The van der Waals surface area contributed by atoms with Gasteiger partial charge in [0, 0.05) is 54.9 Å². The summed E-state index contributed by atoms with van der Waals surface area (Å²) < 4.78 is 18.0. The zero-order valence-corrected chi connectivity index (χ0v) is 28.2. The van der Waals surface area contributed by atoms with E-state index in [1.165, 1.54) is 16.5 Å². The van der Waals surface area contributed by atoms with Gasteiger partial charge in [0.05, 0.1) is 18.8 Å². The minimum Gasteiger partial charge on any atom is -0.461 e. The number of carbonyl (C=O) groups is 1.